The average Bonchev–Trinajstić information content (AvgIpc) is 1.63. The van der Waals surface area contributed by atoms with E-state index in [0.29, 0.717) is 24.2 Å². The van der Waals surface area contributed by atoms with E-state index in [1.807, 2.05) is 109 Å². The Balaban J connectivity index is 0.549. The van der Waals surface area contributed by atoms with Crippen LogP contribution in [0, 0.1) is 0 Å². The lowest BCUT2D eigenvalue weighted by Crippen LogP contribution is -2.12. The van der Waals surface area contributed by atoms with Crippen molar-refractivity contribution in [3.05, 3.63) is 290 Å². The molecule has 0 spiro atoms. The van der Waals surface area contributed by atoms with E-state index in [-0.39, 0.29) is 11.8 Å². The molecule has 12 aromatic heterocycles. The Labute approximate surface area is 651 Å². The summed E-state index contributed by atoms with van der Waals surface area (Å²) in [6.07, 6.45) is 47.6. The Kier molecular flexibility index (Phi) is 19.9. The van der Waals surface area contributed by atoms with Gasteiger partial charge in [0.1, 0.15) is 0 Å². The quantitative estimate of drug-likeness (QED) is 0.0347. The number of para-hydroxylation sites is 2. The normalized spacial score (nSPS) is 12.0. The molecule has 16 heterocycles. The summed E-state index contributed by atoms with van der Waals surface area (Å²) in [6, 6.07) is 56.8. The fourth-order valence-electron chi connectivity index (χ4n) is 15.8. The standard InChI is InChI=1S/C95H76N16O2/c112-86(110-68-16-12-10-14-66(68)94-82-32-28-78(106-82)90(62-40-52-98-53-41-62)74-24-20-70(102-74)88(60-36-48-96-49-37-60)71-21-25-75(103-71)91(63-42-54-99-55-43-63)79-29-33-83(94)107-79)18-8-6-4-2-1-3-5-7-9-19-87(113)111-69-17-13-11-15-67(69)95-84-34-30-80(108-84)92(64-44-56-100-57-45-64)76-26-22-72(104-76)89(61-38-50-97-51-39-61)73-23-27-77(105-73)93(65-46-58-101-59-47-65)81-31-35-85(95)109-81/h10-17,20-59,102,104,107,109H,1-9,18-19H2,(H,110,112)(H,111,113). The number of aromatic nitrogens is 14. The summed E-state index contributed by atoms with van der Waals surface area (Å²) in [5.74, 6) is -0.0894. The molecule has 4 aliphatic heterocycles. The second-order valence-corrected chi connectivity index (χ2v) is 28.3. The minimum atomic E-state index is -0.0447. The lowest BCUT2D eigenvalue weighted by Gasteiger charge is -2.13. The second kappa shape index (κ2) is 32.0. The third-order valence-corrected chi connectivity index (χ3v) is 21.1. The first-order chi connectivity index (χ1) is 55.9. The van der Waals surface area contributed by atoms with Gasteiger partial charge in [-0.2, -0.15) is 0 Å². The Morgan fingerprint density at radius 1 is 0.230 bits per heavy atom. The lowest BCUT2D eigenvalue weighted by atomic mass is 10.0. The molecule has 16 bridgehead atoms. The molecule has 0 fully saturated rings. The Bertz CT molecular complexity index is 5980. The monoisotopic (exact) mass is 1470 g/mol. The van der Waals surface area contributed by atoms with Gasteiger partial charge in [-0.3, -0.25) is 39.5 Å². The molecular formula is C95H76N16O2. The number of pyridine rings is 6. The van der Waals surface area contributed by atoms with Crippen LogP contribution in [0.25, 0.3) is 182 Å². The van der Waals surface area contributed by atoms with Crippen LogP contribution in [-0.4, -0.2) is 81.6 Å². The molecule has 0 atom stereocenters. The predicted molar refractivity (Wildman–Crippen MR) is 456 cm³/mol. The predicted octanol–water partition coefficient (Wildman–Crippen LogP) is 22.2. The van der Waals surface area contributed by atoms with E-state index in [1.165, 1.54) is 0 Å². The smallest absolute Gasteiger partial charge is 0.224 e. The Hall–Kier alpha value is -14.5. The highest BCUT2D eigenvalue weighted by atomic mass is 16.2. The number of anilines is 2. The molecule has 0 saturated carbocycles. The maximum absolute atomic E-state index is 14.1. The van der Waals surface area contributed by atoms with Crippen molar-refractivity contribution < 1.29 is 9.59 Å². The highest BCUT2D eigenvalue weighted by Gasteiger charge is 2.25. The van der Waals surface area contributed by atoms with Crippen LogP contribution in [0.5, 0.6) is 0 Å². The van der Waals surface area contributed by atoms with Crippen molar-refractivity contribution in [3.63, 3.8) is 0 Å². The molecule has 6 N–H and O–H groups in total. The molecule has 113 heavy (non-hydrogen) atoms. The van der Waals surface area contributed by atoms with Gasteiger partial charge in [0, 0.05) is 198 Å². The molecule has 18 heteroatoms. The van der Waals surface area contributed by atoms with E-state index in [9.17, 15) is 9.59 Å². The van der Waals surface area contributed by atoms with Crippen molar-refractivity contribution in [1.82, 2.24) is 69.8 Å². The number of fused-ring (bicyclic) bond motifs is 16. The zero-order valence-electron chi connectivity index (χ0n) is 61.8. The van der Waals surface area contributed by atoms with Crippen LogP contribution >= 0.6 is 0 Å². The molecule has 2 aromatic carbocycles. The van der Waals surface area contributed by atoms with Crippen LogP contribution in [0.3, 0.4) is 0 Å². The first-order valence-electron chi connectivity index (χ1n) is 38.4. The number of hydrogen-bond acceptors (Lipinski definition) is 12. The first kappa shape index (κ1) is 70.2. The van der Waals surface area contributed by atoms with Gasteiger partial charge in [-0.15, -0.1) is 0 Å². The summed E-state index contributed by atoms with van der Waals surface area (Å²) in [5, 5.41) is 6.67. The number of amides is 2. The van der Waals surface area contributed by atoms with Crippen molar-refractivity contribution in [1.29, 1.82) is 0 Å². The molecule has 14 aromatic rings. The highest BCUT2D eigenvalue weighted by Crippen LogP contribution is 2.44. The van der Waals surface area contributed by atoms with Gasteiger partial charge in [0.05, 0.1) is 45.6 Å². The maximum atomic E-state index is 14.1. The van der Waals surface area contributed by atoms with Crippen molar-refractivity contribution in [3.8, 4) is 89.0 Å². The Morgan fingerprint density at radius 3 is 0.655 bits per heavy atom. The van der Waals surface area contributed by atoms with Crippen LogP contribution < -0.4 is 10.6 Å². The van der Waals surface area contributed by atoms with E-state index < -0.39 is 0 Å². The van der Waals surface area contributed by atoms with Gasteiger partial charge in [-0.1, -0.05) is 81.3 Å². The third kappa shape index (κ3) is 14.7. The number of rotatable bonds is 22. The zero-order valence-corrected chi connectivity index (χ0v) is 61.8. The fraction of sp³-hybridized carbons (Fsp3) is 0.116. The van der Waals surface area contributed by atoms with E-state index in [2.05, 4.69) is 170 Å². The number of carbonyl (C=O) groups excluding carboxylic acids is 2. The van der Waals surface area contributed by atoms with Crippen molar-refractivity contribution in [2.45, 2.75) is 70.6 Å². The van der Waals surface area contributed by atoms with Gasteiger partial charge >= 0.3 is 0 Å². The summed E-state index contributed by atoms with van der Waals surface area (Å²) in [7, 11) is 0. The second-order valence-electron chi connectivity index (χ2n) is 28.3. The van der Waals surface area contributed by atoms with Crippen LogP contribution in [0.4, 0.5) is 11.4 Å². The minimum Gasteiger partial charge on any atom is -0.354 e. The number of unbranched alkanes of at least 4 members (excludes halogenated alkanes) is 8. The minimum absolute atomic E-state index is 0.0447. The van der Waals surface area contributed by atoms with Gasteiger partial charge in [-0.25, -0.2) is 19.9 Å². The van der Waals surface area contributed by atoms with E-state index >= 15 is 0 Å². The Morgan fingerprint density at radius 2 is 0.425 bits per heavy atom. The zero-order chi connectivity index (χ0) is 75.8. The van der Waals surface area contributed by atoms with Crippen molar-refractivity contribution >= 4 is 116 Å². The summed E-state index contributed by atoms with van der Waals surface area (Å²) < 4.78 is 0. The SMILES string of the molecule is O=C(CCCCCCCCCCCC(=O)Nc1ccccc1-c1c2nc(c(-c3ccncc3)c3ccc([nH]3)c(-c3ccncc3)c3nc(c(-c4ccncc4)c4ccc1[nH]4)C=C3)C=C2)Nc1ccccc1-c1c2nc(c(-c3ccncc3)c3ccc([nH]3)c(-c3ccncc3)c3nc(c(-c4ccncc4)c4ccc1[nH]4)C=C3)C=C2. The van der Waals surface area contributed by atoms with Crippen molar-refractivity contribution in [2.75, 3.05) is 10.6 Å². The van der Waals surface area contributed by atoms with Gasteiger partial charge in [-0.05, 0) is 228 Å². The van der Waals surface area contributed by atoms with Gasteiger partial charge < -0.3 is 30.6 Å². The first-order valence-corrected chi connectivity index (χ1v) is 38.4. The number of benzene rings is 2. The van der Waals surface area contributed by atoms with E-state index in [0.717, 1.165) is 236 Å². The van der Waals surface area contributed by atoms with Crippen LogP contribution in [0.1, 0.15) is 116 Å². The molecule has 2 amide bonds. The molecule has 0 aliphatic carbocycles. The van der Waals surface area contributed by atoms with Gasteiger partial charge in [0.15, 0.2) is 0 Å². The molecule has 0 radical (unpaired) electrons. The number of hydrogen-bond donors (Lipinski definition) is 6. The fourth-order valence-corrected chi connectivity index (χ4v) is 15.8. The van der Waals surface area contributed by atoms with E-state index in [4.69, 9.17) is 19.9 Å². The number of aromatic amines is 4. The number of nitrogens with zero attached hydrogens (tertiary/aromatic N) is 10. The average molecular weight is 1470 g/mol. The largest absolute Gasteiger partial charge is 0.354 e. The highest BCUT2D eigenvalue weighted by molar-refractivity contribution is 6.06. The molecule has 18 rings (SSSR count). The lowest BCUT2D eigenvalue weighted by molar-refractivity contribution is -0.117. The topological polar surface area (TPSA) is 250 Å². The molecular weight excluding hydrogens is 1400 g/mol. The van der Waals surface area contributed by atoms with Crippen LogP contribution in [-0.2, 0) is 9.59 Å². The van der Waals surface area contributed by atoms with Crippen LogP contribution in [0.2, 0.25) is 0 Å². The number of carbonyl (C=O) groups is 2. The molecule has 548 valence electrons. The molecule has 0 saturated heterocycles. The number of nitrogens with one attached hydrogen (secondary N) is 6. The summed E-state index contributed by atoms with van der Waals surface area (Å²) in [6.45, 7) is 0. The summed E-state index contributed by atoms with van der Waals surface area (Å²) in [5.41, 5.74) is 28.9. The summed E-state index contributed by atoms with van der Waals surface area (Å²) in [4.78, 5) is 91.5. The third-order valence-electron chi connectivity index (χ3n) is 21.1. The molecule has 18 nitrogen and oxygen atoms in total. The van der Waals surface area contributed by atoms with Crippen molar-refractivity contribution in [2.24, 2.45) is 0 Å². The summed E-state index contributed by atoms with van der Waals surface area (Å²) >= 11 is 0. The number of H-pyrrole nitrogens is 4. The van der Waals surface area contributed by atoms with Crippen LogP contribution in [0.15, 0.2) is 244 Å². The van der Waals surface area contributed by atoms with E-state index in [1.54, 1.807) is 74.4 Å². The molecule has 0 unspecified atom stereocenters. The molecule has 4 aliphatic rings. The maximum Gasteiger partial charge on any atom is 0.224 e. The van der Waals surface area contributed by atoms with Gasteiger partial charge in [0.25, 0.3) is 0 Å². The van der Waals surface area contributed by atoms with Gasteiger partial charge in [0.2, 0.25) is 11.8 Å².